The average molecular weight is 396 g/mol. The molecule has 27 heavy (non-hydrogen) atoms. The third-order valence-corrected chi connectivity index (χ3v) is 7.37. The molecule has 2 fully saturated rings. The Balaban J connectivity index is 1.83. The number of methoxy groups -OCH3 is 1. The highest BCUT2D eigenvalue weighted by atomic mass is 32.2. The summed E-state index contributed by atoms with van der Waals surface area (Å²) in [6, 6.07) is 4.81. The molecule has 1 N–H and O–H groups in total. The van der Waals surface area contributed by atoms with E-state index in [1.165, 1.54) is 23.9 Å². The predicted octanol–water partition coefficient (Wildman–Crippen LogP) is 1.69. The number of nitrogens with zero attached hydrogens (tertiary/aromatic N) is 2. The Bertz CT molecular complexity index is 767. The van der Waals surface area contributed by atoms with Crippen LogP contribution in [-0.2, 0) is 10.0 Å². The first-order valence-electron chi connectivity index (χ1n) is 9.59. The molecule has 7 nitrogen and oxygen atoms in total. The molecule has 0 atom stereocenters. The summed E-state index contributed by atoms with van der Waals surface area (Å²) in [5.74, 6) is 0.0440. The molecular formula is C19H29N3O4S. The summed E-state index contributed by atoms with van der Waals surface area (Å²) in [4.78, 5) is 14.8. The van der Waals surface area contributed by atoms with Crippen LogP contribution in [0.5, 0.6) is 5.75 Å². The first-order valence-corrected chi connectivity index (χ1v) is 11.0. The molecule has 0 spiro atoms. The lowest BCUT2D eigenvalue weighted by Gasteiger charge is -2.32. The second-order valence-corrected chi connectivity index (χ2v) is 9.29. The number of benzene rings is 1. The third kappa shape index (κ3) is 4.62. The lowest BCUT2D eigenvalue weighted by atomic mass is 9.95. The normalized spacial score (nSPS) is 20.4. The van der Waals surface area contributed by atoms with Gasteiger partial charge in [0.15, 0.2) is 0 Å². The quantitative estimate of drug-likeness (QED) is 0.821. The van der Waals surface area contributed by atoms with Crippen LogP contribution in [0.3, 0.4) is 0 Å². The third-order valence-electron chi connectivity index (χ3n) is 5.45. The Kier molecular flexibility index (Phi) is 6.39. The molecule has 1 aliphatic carbocycles. The lowest BCUT2D eigenvalue weighted by Crippen LogP contribution is -2.47. The maximum Gasteiger partial charge on any atom is 0.251 e. The van der Waals surface area contributed by atoms with E-state index in [4.69, 9.17) is 4.74 Å². The van der Waals surface area contributed by atoms with Crippen LogP contribution < -0.4 is 10.1 Å². The van der Waals surface area contributed by atoms with Gasteiger partial charge in [-0.2, -0.15) is 4.31 Å². The molecule has 0 unspecified atom stereocenters. The smallest absolute Gasteiger partial charge is 0.251 e. The van der Waals surface area contributed by atoms with Gasteiger partial charge < -0.3 is 15.0 Å². The molecular weight excluding hydrogens is 366 g/mol. The fraction of sp³-hybridized carbons (Fsp3) is 0.632. The highest BCUT2D eigenvalue weighted by Crippen LogP contribution is 2.29. The van der Waals surface area contributed by atoms with Crippen LogP contribution in [0, 0.1) is 0 Å². The van der Waals surface area contributed by atoms with Crippen molar-refractivity contribution in [2.45, 2.75) is 43.0 Å². The van der Waals surface area contributed by atoms with E-state index in [-0.39, 0.29) is 22.6 Å². The SMILES string of the molecule is COc1ccc(C(=O)NC2CCCCC2)cc1S(=O)(=O)N1CCN(C)CC1. The van der Waals surface area contributed by atoms with Gasteiger partial charge in [0.1, 0.15) is 10.6 Å². The fourth-order valence-corrected chi connectivity index (χ4v) is 5.31. The predicted molar refractivity (Wildman–Crippen MR) is 104 cm³/mol. The number of carbonyl (C=O) groups excluding carboxylic acids is 1. The summed E-state index contributed by atoms with van der Waals surface area (Å²) in [6.07, 6.45) is 5.41. The molecule has 0 bridgehead atoms. The zero-order valence-electron chi connectivity index (χ0n) is 16.1. The van der Waals surface area contributed by atoms with Crippen LogP contribution in [0.15, 0.2) is 23.1 Å². The van der Waals surface area contributed by atoms with Gasteiger partial charge >= 0.3 is 0 Å². The largest absolute Gasteiger partial charge is 0.495 e. The minimum atomic E-state index is -3.72. The second-order valence-electron chi connectivity index (χ2n) is 7.38. The Labute approximate surface area is 161 Å². The van der Waals surface area contributed by atoms with E-state index in [2.05, 4.69) is 10.2 Å². The van der Waals surface area contributed by atoms with Crippen molar-refractivity contribution < 1.29 is 17.9 Å². The number of sulfonamides is 1. The van der Waals surface area contributed by atoms with E-state index in [1.807, 2.05) is 7.05 Å². The molecule has 150 valence electrons. The Hall–Kier alpha value is -1.64. The van der Waals surface area contributed by atoms with Gasteiger partial charge in [0.05, 0.1) is 7.11 Å². The van der Waals surface area contributed by atoms with Crippen molar-refractivity contribution >= 4 is 15.9 Å². The molecule has 1 saturated heterocycles. The number of likely N-dealkylation sites (N-methyl/N-ethyl adjacent to an activating group) is 1. The summed E-state index contributed by atoms with van der Waals surface area (Å²) < 4.78 is 33.0. The van der Waals surface area contributed by atoms with Crippen LogP contribution in [0.25, 0.3) is 0 Å². The number of amides is 1. The highest BCUT2D eigenvalue weighted by molar-refractivity contribution is 7.89. The molecule has 1 amide bonds. The number of hydrogen-bond acceptors (Lipinski definition) is 5. The standard InChI is InChI=1S/C19H29N3O4S/c1-21-10-12-22(13-11-21)27(24,25)18-14-15(8-9-17(18)26-2)19(23)20-16-6-4-3-5-7-16/h8-9,14,16H,3-7,10-13H2,1-2H3,(H,20,23). The van der Waals surface area contributed by atoms with Crippen molar-refractivity contribution in [2.24, 2.45) is 0 Å². The van der Waals surface area contributed by atoms with Gasteiger partial charge in [-0.3, -0.25) is 4.79 Å². The second kappa shape index (κ2) is 8.58. The molecule has 3 rings (SSSR count). The number of rotatable bonds is 5. The highest BCUT2D eigenvalue weighted by Gasteiger charge is 2.31. The van der Waals surface area contributed by atoms with Crippen LogP contribution in [0.2, 0.25) is 0 Å². The molecule has 8 heteroatoms. The first-order chi connectivity index (χ1) is 12.9. The number of ether oxygens (including phenoxy) is 1. The lowest BCUT2D eigenvalue weighted by molar-refractivity contribution is 0.0927. The van der Waals surface area contributed by atoms with E-state index in [1.54, 1.807) is 12.1 Å². The van der Waals surface area contributed by atoms with Gasteiger partial charge in [0.25, 0.3) is 5.91 Å². The van der Waals surface area contributed by atoms with Crippen LogP contribution in [0.4, 0.5) is 0 Å². The Morgan fingerprint density at radius 2 is 1.78 bits per heavy atom. The van der Waals surface area contributed by atoms with Crippen molar-refractivity contribution in [3.8, 4) is 5.75 Å². The minimum absolute atomic E-state index is 0.0610. The fourth-order valence-electron chi connectivity index (χ4n) is 3.70. The molecule has 0 radical (unpaired) electrons. The van der Waals surface area contributed by atoms with Crippen LogP contribution in [-0.4, -0.2) is 69.9 Å². The molecule has 1 aromatic rings. The van der Waals surface area contributed by atoms with E-state index in [9.17, 15) is 13.2 Å². The average Bonchev–Trinajstić information content (AvgIpc) is 2.68. The van der Waals surface area contributed by atoms with Crippen molar-refractivity contribution in [2.75, 3.05) is 40.3 Å². The number of nitrogens with one attached hydrogen (secondary N) is 1. The van der Waals surface area contributed by atoms with E-state index in [0.717, 1.165) is 25.7 Å². The number of piperazine rings is 1. The van der Waals surface area contributed by atoms with Gasteiger partial charge in [-0.05, 0) is 38.1 Å². The van der Waals surface area contributed by atoms with E-state index >= 15 is 0 Å². The summed E-state index contributed by atoms with van der Waals surface area (Å²) >= 11 is 0. The van der Waals surface area contributed by atoms with Gasteiger partial charge in [-0.15, -0.1) is 0 Å². The first kappa shape index (κ1) is 20.1. The maximum atomic E-state index is 13.1. The zero-order valence-corrected chi connectivity index (χ0v) is 16.9. The van der Waals surface area contributed by atoms with Crippen molar-refractivity contribution in [3.05, 3.63) is 23.8 Å². The van der Waals surface area contributed by atoms with Crippen molar-refractivity contribution in [1.29, 1.82) is 0 Å². The topological polar surface area (TPSA) is 78.9 Å². The summed E-state index contributed by atoms with van der Waals surface area (Å²) in [5.41, 5.74) is 0.356. The van der Waals surface area contributed by atoms with Crippen molar-refractivity contribution in [1.82, 2.24) is 14.5 Å². The summed E-state index contributed by atoms with van der Waals surface area (Å²) in [5, 5.41) is 3.04. The maximum absolute atomic E-state index is 13.1. The van der Waals surface area contributed by atoms with Crippen LogP contribution in [0.1, 0.15) is 42.5 Å². The molecule has 1 saturated carbocycles. The zero-order chi connectivity index (χ0) is 19.4. The van der Waals surface area contributed by atoms with E-state index < -0.39 is 10.0 Å². The van der Waals surface area contributed by atoms with Crippen molar-refractivity contribution in [3.63, 3.8) is 0 Å². The van der Waals surface area contributed by atoms with Gasteiger partial charge in [-0.25, -0.2) is 8.42 Å². The summed E-state index contributed by atoms with van der Waals surface area (Å²) in [6.45, 7) is 2.23. The monoisotopic (exact) mass is 395 g/mol. The molecule has 2 aliphatic rings. The van der Waals surface area contributed by atoms with Gasteiger partial charge in [0.2, 0.25) is 10.0 Å². The van der Waals surface area contributed by atoms with Gasteiger partial charge in [0, 0.05) is 37.8 Å². The Morgan fingerprint density at radius 1 is 1.11 bits per heavy atom. The summed E-state index contributed by atoms with van der Waals surface area (Å²) in [7, 11) is -0.298. The molecule has 1 heterocycles. The van der Waals surface area contributed by atoms with Gasteiger partial charge in [-0.1, -0.05) is 19.3 Å². The van der Waals surface area contributed by atoms with E-state index in [0.29, 0.717) is 31.7 Å². The minimum Gasteiger partial charge on any atom is -0.495 e. The molecule has 1 aliphatic heterocycles. The molecule has 1 aromatic carbocycles. The van der Waals surface area contributed by atoms with Crippen LogP contribution >= 0.6 is 0 Å². The molecule has 0 aromatic heterocycles. The Morgan fingerprint density at radius 3 is 2.41 bits per heavy atom. The number of carbonyl (C=O) groups is 1. The number of hydrogen-bond donors (Lipinski definition) is 1.